The molecule has 0 saturated heterocycles. The second kappa shape index (κ2) is 9.43. The van der Waals surface area contributed by atoms with E-state index in [1.165, 1.54) is 61.5 Å². The van der Waals surface area contributed by atoms with Crippen LogP contribution in [0.5, 0.6) is 0 Å². The first-order valence-electron chi connectivity index (χ1n) is 13.1. The van der Waals surface area contributed by atoms with Crippen molar-refractivity contribution in [3.05, 3.63) is 107 Å². The van der Waals surface area contributed by atoms with Crippen LogP contribution in [-0.4, -0.2) is 4.57 Å². The number of hydrogen-bond donors (Lipinski definition) is 0. The summed E-state index contributed by atoms with van der Waals surface area (Å²) >= 11 is 0. The second-order valence-corrected chi connectivity index (χ2v) is 10.7. The van der Waals surface area contributed by atoms with Crippen molar-refractivity contribution < 1.29 is 4.57 Å². The van der Waals surface area contributed by atoms with Crippen LogP contribution in [0.1, 0.15) is 61.8 Å². The van der Waals surface area contributed by atoms with Gasteiger partial charge in [-0.25, -0.2) is 4.57 Å². The average Bonchev–Trinajstić information content (AvgIpc) is 3.15. The van der Waals surface area contributed by atoms with Crippen molar-refractivity contribution >= 4 is 11.0 Å². The number of benzene rings is 4. The Morgan fingerprint density at radius 3 is 1.89 bits per heavy atom. The molecule has 0 atom stereocenters. The molecule has 0 aliphatic carbocycles. The van der Waals surface area contributed by atoms with Gasteiger partial charge < -0.3 is 0 Å². The van der Waals surface area contributed by atoms with Crippen LogP contribution in [0.25, 0.3) is 39.2 Å². The normalized spacial score (nSPS) is 11.7. The molecule has 182 valence electrons. The molecule has 0 aliphatic heterocycles. The van der Waals surface area contributed by atoms with Crippen LogP contribution in [0.15, 0.2) is 84.9 Å². The number of fused-ring (bicyclic) bond motifs is 1. The van der Waals surface area contributed by atoms with E-state index < -0.39 is 0 Å². The maximum absolute atomic E-state index is 2.53. The lowest BCUT2D eigenvalue weighted by Gasteiger charge is -2.21. The number of hydrogen-bond acceptors (Lipinski definition) is 0. The Balaban J connectivity index is 1.94. The number of nitrogens with zero attached hydrogens (tertiary/aromatic N) is 2. The second-order valence-electron chi connectivity index (χ2n) is 10.7. The summed E-state index contributed by atoms with van der Waals surface area (Å²) in [5, 5.41) is 0. The van der Waals surface area contributed by atoms with Gasteiger partial charge in [-0.2, -0.15) is 4.57 Å². The fourth-order valence-corrected chi connectivity index (χ4v) is 5.52. The highest BCUT2D eigenvalue weighted by Crippen LogP contribution is 2.40. The van der Waals surface area contributed by atoms with E-state index in [4.69, 9.17) is 0 Å². The van der Waals surface area contributed by atoms with Crippen LogP contribution in [0.4, 0.5) is 0 Å². The minimum atomic E-state index is 0.375. The van der Waals surface area contributed by atoms with E-state index in [-0.39, 0.29) is 0 Å². The van der Waals surface area contributed by atoms with Crippen LogP contribution in [0.3, 0.4) is 0 Å². The molecule has 0 bridgehead atoms. The third-order valence-corrected chi connectivity index (χ3v) is 7.38. The van der Waals surface area contributed by atoms with Crippen molar-refractivity contribution in [3.63, 3.8) is 0 Å². The Morgan fingerprint density at radius 2 is 1.28 bits per heavy atom. The number of para-hydroxylation sites is 2. The van der Waals surface area contributed by atoms with Gasteiger partial charge in [0, 0.05) is 11.1 Å². The van der Waals surface area contributed by atoms with E-state index in [9.17, 15) is 0 Å². The predicted molar refractivity (Wildman–Crippen MR) is 153 cm³/mol. The van der Waals surface area contributed by atoms with Gasteiger partial charge >= 0.3 is 0 Å². The van der Waals surface area contributed by atoms with Crippen molar-refractivity contribution in [2.24, 2.45) is 7.05 Å². The van der Waals surface area contributed by atoms with Gasteiger partial charge in [0.15, 0.2) is 11.0 Å². The molecular formula is C34H37N2+. The summed E-state index contributed by atoms with van der Waals surface area (Å²) in [4.78, 5) is 0. The fraction of sp³-hybridized carbons (Fsp3) is 0.265. The number of rotatable bonds is 5. The van der Waals surface area contributed by atoms with Gasteiger partial charge in [-0.05, 0) is 72.7 Å². The molecule has 1 aromatic heterocycles. The molecule has 0 saturated carbocycles. The first-order chi connectivity index (χ1) is 17.3. The van der Waals surface area contributed by atoms with E-state index in [0.29, 0.717) is 11.8 Å². The first kappa shape index (κ1) is 24.1. The molecular weight excluding hydrogens is 436 g/mol. The zero-order valence-electron chi connectivity index (χ0n) is 22.6. The fourth-order valence-electron chi connectivity index (χ4n) is 5.52. The highest BCUT2D eigenvalue weighted by molar-refractivity contribution is 5.82. The number of imidazole rings is 1. The Kier molecular flexibility index (Phi) is 6.30. The zero-order valence-corrected chi connectivity index (χ0v) is 22.6. The van der Waals surface area contributed by atoms with E-state index in [2.05, 4.69) is 143 Å². The van der Waals surface area contributed by atoms with Crippen molar-refractivity contribution in [2.75, 3.05) is 0 Å². The van der Waals surface area contributed by atoms with Gasteiger partial charge in [-0.15, -0.1) is 0 Å². The molecule has 0 aliphatic rings. The van der Waals surface area contributed by atoms with Crippen LogP contribution in [0.2, 0.25) is 0 Å². The highest BCUT2D eigenvalue weighted by atomic mass is 15.2. The monoisotopic (exact) mass is 473 g/mol. The summed E-state index contributed by atoms with van der Waals surface area (Å²) < 4.78 is 4.90. The Labute approximate surface area is 215 Å². The molecule has 2 nitrogen and oxygen atoms in total. The van der Waals surface area contributed by atoms with Gasteiger partial charge in [-0.3, -0.25) is 0 Å². The Bertz CT molecular complexity index is 1520. The van der Waals surface area contributed by atoms with Crippen molar-refractivity contribution in [2.45, 2.75) is 53.4 Å². The summed E-state index contributed by atoms with van der Waals surface area (Å²) in [6.07, 6.45) is 0. The van der Waals surface area contributed by atoms with E-state index in [0.717, 1.165) is 0 Å². The molecule has 2 heteroatoms. The third-order valence-electron chi connectivity index (χ3n) is 7.38. The predicted octanol–water partition coefficient (Wildman–Crippen LogP) is 8.65. The third kappa shape index (κ3) is 4.05. The molecule has 0 spiro atoms. The minimum Gasteiger partial charge on any atom is -0.225 e. The van der Waals surface area contributed by atoms with E-state index in [1.54, 1.807) is 0 Å². The van der Waals surface area contributed by atoms with Gasteiger partial charge in [0.05, 0.1) is 12.6 Å². The molecule has 5 aromatic rings. The van der Waals surface area contributed by atoms with Crippen molar-refractivity contribution in [1.29, 1.82) is 0 Å². The summed E-state index contributed by atoms with van der Waals surface area (Å²) in [5.74, 6) is 1.98. The zero-order chi connectivity index (χ0) is 25.6. The molecule has 5 rings (SSSR count). The van der Waals surface area contributed by atoms with Crippen LogP contribution in [0, 0.1) is 13.8 Å². The molecule has 0 unspecified atom stereocenters. The number of aromatic nitrogens is 2. The summed E-state index contributed by atoms with van der Waals surface area (Å²) in [6, 6.07) is 31.2. The maximum atomic E-state index is 2.53. The number of aryl methyl sites for hydroxylation is 3. The quantitative estimate of drug-likeness (QED) is 0.226. The van der Waals surface area contributed by atoms with Gasteiger partial charge in [-0.1, -0.05) is 87.9 Å². The molecule has 0 N–H and O–H groups in total. The van der Waals surface area contributed by atoms with Crippen molar-refractivity contribution in [3.8, 4) is 28.2 Å². The van der Waals surface area contributed by atoms with Crippen LogP contribution in [-0.2, 0) is 7.05 Å². The highest BCUT2D eigenvalue weighted by Gasteiger charge is 2.31. The molecule has 4 aromatic carbocycles. The molecule has 0 fully saturated rings. The average molecular weight is 474 g/mol. The van der Waals surface area contributed by atoms with E-state index >= 15 is 0 Å². The van der Waals surface area contributed by atoms with Crippen molar-refractivity contribution in [1.82, 2.24) is 4.57 Å². The molecule has 0 amide bonds. The largest absolute Gasteiger partial charge is 0.295 e. The lowest BCUT2D eigenvalue weighted by Crippen LogP contribution is -2.30. The Morgan fingerprint density at radius 1 is 0.667 bits per heavy atom. The molecule has 36 heavy (non-hydrogen) atoms. The summed E-state index contributed by atoms with van der Waals surface area (Å²) in [7, 11) is 2.20. The Hall–Kier alpha value is -3.65. The molecule has 0 radical (unpaired) electrons. The topological polar surface area (TPSA) is 8.81 Å². The van der Waals surface area contributed by atoms with Crippen LogP contribution < -0.4 is 4.57 Å². The first-order valence-corrected chi connectivity index (χ1v) is 13.1. The van der Waals surface area contributed by atoms with Gasteiger partial charge in [0.2, 0.25) is 0 Å². The maximum Gasteiger partial charge on any atom is 0.295 e. The SMILES string of the molecule is Cc1ccc(-c2n(-c3c(C(C)C)cc(-c4ccccc4)cc3C(C)C)c3ccccc3[n+]2C)c(C)c1. The lowest BCUT2D eigenvalue weighted by atomic mass is 9.88. The van der Waals surface area contributed by atoms with Gasteiger partial charge in [0.1, 0.15) is 5.69 Å². The summed E-state index contributed by atoms with van der Waals surface area (Å²) in [5.41, 5.74) is 13.0. The molecule has 1 heterocycles. The van der Waals surface area contributed by atoms with Gasteiger partial charge in [0.25, 0.3) is 5.82 Å². The summed E-state index contributed by atoms with van der Waals surface area (Å²) in [6.45, 7) is 13.7. The lowest BCUT2D eigenvalue weighted by molar-refractivity contribution is -0.633. The van der Waals surface area contributed by atoms with E-state index in [1.807, 2.05) is 0 Å². The minimum absolute atomic E-state index is 0.375. The standard InChI is InChI=1S/C34H37N2/c1-22(2)29-20-27(26-13-9-8-10-14-26)21-30(23(3)4)33(29)36-32-16-12-11-15-31(32)35(7)34(36)28-18-17-24(5)19-25(28)6/h8-23H,1-7H3/q+1. The van der Waals surface area contributed by atoms with Crippen LogP contribution >= 0.6 is 0 Å². The smallest absolute Gasteiger partial charge is 0.225 e.